The lowest BCUT2D eigenvalue weighted by Crippen LogP contribution is -2.44. The molecule has 23 heavy (non-hydrogen) atoms. The maximum absolute atomic E-state index is 12.3. The molecular weight excluding hydrogens is 310 g/mol. The van der Waals surface area contributed by atoms with Crippen LogP contribution in [0.3, 0.4) is 0 Å². The number of nitrogens with one attached hydrogen (secondary N) is 2. The van der Waals surface area contributed by atoms with E-state index in [0.717, 1.165) is 22.7 Å². The number of hydrogen-bond acceptors (Lipinski definition) is 4. The van der Waals surface area contributed by atoms with Crippen molar-refractivity contribution in [3.63, 3.8) is 0 Å². The van der Waals surface area contributed by atoms with E-state index in [9.17, 15) is 4.79 Å². The number of carbonyl (C=O) groups is 1. The molecule has 0 unspecified atom stereocenters. The first kappa shape index (κ1) is 15.8. The Morgan fingerprint density at radius 2 is 2.26 bits per heavy atom. The van der Waals surface area contributed by atoms with Gasteiger partial charge < -0.3 is 15.4 Å². The smallest absolute Gasteiger partial charge is 0.315 e. The predicted octanol–water partition coefficient (Wildman–Crippen LogP) is 3.46. The molecule has 0 fully saturated rings. The summed E-state index contributed by atoms with van der Waals surface area (Å²) in [5, 5.41) is 8.90. The maximum Gasteiger partial charge on any atom is 0.315 e. The van der Waals surface area contributed by atoms with Crippen LogP contribution in [-0.2, 0) is 0 Å². The Bertz CT molecular complexity index is 660. The van der Waals surface area contributed by atoms with Gasteiger partial charge >= 0.3 is 6.03 Å². The van der Waals surface area contributed by atoms with Crippen LogP contribution in [0.2, 0.25) is 0 Å². The minimum atomic E-state index is -0.163. The third-order valence-electron chi connectivity index (χ3n) is 4.16. The van der Waals surface area contributed by atoms with E-state index < -0.39 is 0 Å². The van der Waals surface area contributed by atoms with E-state index in [0.29, 0.717) is 6.61 Å². The first-order valence-electron chi connectivity index (χ1n) is 7.87. The van der Waals surface area contributed by atoms with Gasteiger partial charge in [0.15, 0.2) is 0 Å². The van der Waals surface area contributed by atoms with Gasteiger partial charge in [-0.15, -0.1) is 11.3 Å². The van der Waals surface area contributed by atoms with Crippen LogP contribution in [0, 0.1) is 0 Å². The SMILES string of the molecule is CC[C@H](NC(=O)N[C@@H](C)[C@@H]1COc2ccccc21)c1nccs1. The van der Waals surface area contributed by atoms with Crippen molar-refractivity contribution >= 4 is 17.4 Å². The van der Waals surface area contributed by atoms with Gasteiger partial charge in [0.2, 0.25) is 0 Å². The molecule has 2 N–H and O–H groups in total. The molecule has 1 aromatic carbocycles. The highest BCUT2D eigenvalue weighted by atomic mass is 32.1. The zero-order valence-electron chi connectivity index (χ0n) is 13.3. The summed E-state index contributed by atoms with van der Waals surface area (Å²) in [4.78, 5) is 16.6. The predicted molar refractivity (Wildman–Crippen MR) is 91.0 cm³/mol. The second-order valence-corrected chi connectivity index (χ2v) is 6.62. The fourth-order valence-electron chi connectivity index (χ4n) is 2.85. The standard InChI is InChI=1S/C17H21N3O2S/c1-3-14(16-18-8-9-23-16)20-17(21)19-11(2)13-10-22-15-7-5-4-6-12(13)15/h4-9,11,13-14H,3,10H2,1-2H3,(H2,19,20,21)/t11-,13-,14-/m0/s1. The number of nitrogens with zero attached hydrogens (tertiary/aromatic N) is 1. The van der Waals surface area contributed by atoms with E-state index in [2.05, 4.69) is 21.7 Å². The monoisotopic (exact) mass is 331 g/mol. The molecule has 3 rings (SSSR count). The van der Waals surface area contributed by atoms with Crippen LogP contribution in [0.5, 0.6) is 5.75 Å². The van der Waals surface area contributed by atoms with Gasteiger partial charge in [-0.2, -0.15) is 0 Å². The number of fused-ring (bicyclic) bond motifs is 1. The Balaban J connectivity index is 1.60. The minimum Gasteiger partial charge on any atom is -0.493 e. The minimum absolute atomic E-state index is 0.00699. The van der Waals surface area contributed by atoms with E-state index in [1.165, 1.54) is 0 Å². The second kappa shape index (κ2) is 7.00. The molecule has 0 bridgehead atoms. The van der Waals surface area contributed by atoms with Crippen molar-refractivity contribution in [1.82, 2.24) is 15.6 Å². The Morgan fingerprint density at radius 1 is 1.43 bits per heavy atom. The Hall–Kier alpha value is -2.08. The number of carbonyl (C=O) groups excluding carboxylic acids is 1. The van der Waals surface area contributed by atoms with Gasteiger partial charge in [-0.05, 0) is 19.4 Å². The van der Waals surface area contributed by atoms with Crippen LogP contribution in [0.15, 0.2) is 35.8 Å². The molecule has 2 amide bonds. The van der Waals surface area contributed by atoms with Crippen molar-refractivity contribution in [3.8, 4) is 5.75 Å². The first-order valence-corrected chi connectivity index (χ1v) is 8.75. The number of thiazole rings is 1. The fourth-order valence-corrected chi connectivity index (χ4v) is 3.63. The van der Waals surface area contributed by atoms with Crippen molar-refractivity contribution in [3.05, 3.63) is 46.4 Å². The number of rotatable bonds is 5. The highest BCUT2D eigenvalue weighted by molar-refractivity contribution is 7.09. The molecule has 122 valence electrons. The summed E-state index contributed by atoms with van der Waals surface area (Å²) in [7, 11) is 0. The van der Waals surface area contributed by atoms with Crippen LogP contribution in [-0.4, -0.2) is 23.7 Å². The van der Waals surface area contributed by atoms with Crippen LogP contribution < -0.4 is 15.4 Å². The summed E-state index contributed by atoms with van der Waals surface area (Å²) in [6.07, 6.45) is 2.57. The van der Waals surface area contributed by atoms with E-state index in [1.54, 1.807) is 17.5 Å². The van der Waals surface area contributed by atoms with Gasteiger partial charge in [0, 0.05) is 29.1 Å². The lowest BCUT2D eigenvalue weighted by molar-refractivity contribution is 0.229. The van der Waals surface area contributed by atoms with E-state index in [-0.39, 0.29) is 24.0 Å². The topological polar surface area (TPSA) is 63.2 Å². The van der Waals surface area contributed by atoms with Crippen LogP contribution in [0.4, 0.5) is 4.79 Å². The number of aromatic nitrogens is 1. The van der Waals surface area contributed by atoms with Gasteiger partial charge in [-0.1, -0.05) is 25.1 Å². The van der Waals surface area contributed by atoms with Crippen molar-refractivity contribution in [2.45, 2.75) is 38.3 Å². The summed E-state index contributed by atoms with van der Waals surface area (Å²) >= 11 is 1.56. The summed E-state index contributed by atoms with van der Waals surface area (Å²) in [5.41, 5.74) is 1.16. The molecule has 3 atom stereocenters. The molecule has 0 saturated heterocycles. The molecule has 2 aromatic rings. The molecule has 2 heterocycles. The normalized spacial score (nSPS) is 18.6. The molecular formula is C17H21N3O2S. The highest BCUT2D eigenvalue weighted by Gasteiger charge is 2.29. The summed E-state index contributed by atoms with van der Waals surface area (Å²) in [6.45, 7) is 4.65. The largest absolute Gasteiger partial charge is 0.493 e. The van der Waals surface area contributed by atoms with Gasteiger partial charge in [-0.25, -0.2) is 9.78 Å². The van der Waals surface area contributed by atoms with Crippen LogP contribution in [0.25, 0.3) is 0 Å². The van der Waals surface area contributed by atoms with Crippen molar-refractivity contribution in [2.24, 2.45) is 0 Å². The van der Waals surface area contributed by atoms with Gasteiger partial charge in [0.25, 0.3) is 0 Å². The van der Waals surface area contributed by atoms with Crippen LogP contribution in [0.1, 0.15) is 42.8 Å². The zero-order valence-corrected chi connectivity index (χ0v) is 14.1. The molecule has 0 spiro atoms. The Morgan fingerprint density at radius 3 is 3.00 bits per heavy atom. The molecule has 0 aliphatic carbocycles. The summed E-state index contributed by atoms with van der Waals surface area (Å²) in [5.74, 6) is 1.10. The van der Waals surface area contributed by atoms with Crippen molar-refractivity contribution < 1.29 is 9.53 Å². The number of amides is 2. The van der Waals surface area contributed by atoms with E-state index in [1.807, 2.05) is 37.4 Å². The van der Waals surface area contributed by atoms with Crippen LogP contribution >= 0.6 is 11.3 Å². The molecule has 5 nitrogen and oxygen atoms in total. The number of ether oxygens (including phenoxy) is 1. The summed E-state index contributed by atoms with van der Waals surface area (Å²) < 4.78 is 5.69. The zero-order chi connectivity index (χ0) is 16.2. The quantitative estimate of drug-likeness (QED) is 0.882. The Labute approximate surface area is 140 Å². The molecule has 0 radical (unpaired) electrons. The molecule has 1 aliphatic heterocycles. The molecule has 1 aliphatic rings. The first-order chi connectivity index (χ1) is 11.2. The lowest BCUT2D eigenvalue weighted by atomic mass is 9.94. The number of para-hydroxylation sites is 1. The lowest BCUT2D eigenvalue weighted by Gasteiger charge is -2.22. The average Bonchev–Trinajstić information content (AvgIpc) is 3.21. The van der Waals surface area contributed by atoms with Gasteiger partial charge in [0.05, 0.1) is 12.6 Å². The summed E-state index contributed by atoms with van der Waals surface area (Å²) in [6, 6.07) is 7.78. The third-order valence-corrected chi connectivity index (χ3v) is 5.05. The van der Waals surface area contributed by atoms with Gasteiger partial charge in [0.1, 0.15) is 10.8 Å². The maximum atomic E-state index is 12.3. The number of benzene rings is 1. The number of urea groups is 1. The molecule has 1 aromatic heterocycles. The number of hydrogen-bond donors (Lipinski definition) is 2. The highest BCUT2D eigenvalue weighted by Crippen LogP contribution is 2.35. The third kappa shape index (κ3) is 3.47. The van der Waals surface area contributed by atoms with Crippen molar-refractivity contribution in [2.75, 3.05) is 6.61 Å². The molecule has 6 heteroatoms. The molecule has 0 saturated carbocycles. The fraction of sp³-hybridized carbons (Fsp3) is 0.412. The van der Waals surface area contributed by atoms with E-state index in [4.69, 9.17) is 4.74 Å². The van der Waals surface area contributed by atoms with E-state index >= 15 is 0 Å². The Kier molecular flexibility index (Phi) is 4.81. The average molecular weight is 331 g/mol. The van der Waals surface area contributed by atoms with Crippen molar-refractivity contribution in [1.29, 1.82) is 0 Å². The van der Waals surface area contributed by atoms with Gasteiger partial charge in [-0.3, -0.25) is 0 Å². The second-order valence-electron chi connectivity index (χ2n) is 5.69.